The number of benzene rings is 2. The van der Waals surface area contributed by atoms with Gasteiger partial charge in [-0.25, -0.2) is 9.59 Å². The first kappa shape index (κ1) is 26.7. The largest absolute Gasteiger partial charge is 0.467 e. The molecule has 0 aliphatic carbocycles. The van der Waals surface area contributed by atoms with Crippen molar-refractivity contribution in [3.63, 3.8) is 0 Å². The summed E-state index contributed by atoms with van der Waals surface area (Å²) in [6.07, 6.45) is -7.26. The van der Waals surface area contributed by atoms with Gasteiger partial charge in [-0.2, -0.15) is 13.2 Å². The van der Waals surface area contributed by atoms with Crippen molar-refractivity contribution in [1.82, 2.24) is 10.6 Å². The predicted molar refractivity (Wildman–Crippen MR) is 114 cm³/mol. The van der Waals surface area contributed by atoms with Crippen LogP contribution in [0.25, 0.3) is 0 Å². The smallest absolute Gasteiger partial charge is 0.416 e. The van der Waals surface area contributed by atoms with Gasteiger partial charge in [-0.05, 0) is 24.1 Å². The van der Waals surface area contributed by atoms with Crippen molar-refractivity contribution >= 4 is 18.0 Å². The van der Waals surface area contributed by atoms with E-state index in [0.29, 0.717) is 5.56 Å². The molecule has 0 fully saturated rings. The molecule has 0 heterocycles. The Labute approximate surface area is 194 Å². The summed E-state index contributed by atoms with van der Waals surface area (Å²) in [5.41, 5.74) is -0.0958. The first-order valence-corrected chi connectivity index (χ1v) is 10.2. The second-order valence-corrected chi connectivity index (χ2v) is 7.41. The Morgan fingerprint density at radius 1 is 1.00 bits per heavy atom. The third kappa shape index (κ3) is 8.07. The third-order valence-electron chi connectivity index (χ3n) is 4.75. The molecule has 0 saturated heterocycles. The fraction of sp³-hybridized carbons (Fsp3) is 0.348. The van der Waals surface area contributed by atoms with Crippen molar-refractivity contribution in [2.45, 2.75) is 44.3 Å². The lowest BCUT2D eigenvalue weighted by Gasteiger charge is -2.24. The molecule has 0 unspecified atom stereocenters. The Morgan fingerprint density at radius 3 is 2.24 bits per heavy atom. The minimum absolute atomic E-state index is 0.0822. The van der Waals surface area contributed by atoms with Gasteiger partial charge >= 0.3 is 18.2 Å². The quantitative estimate of drug-likeness (QED) is 0.474. The summed E-state index contributed by atoms with van der Waals surface area (Å²) >= 11 is 0. The molecule has 0 radical (unpaired) electrons. The lowest BCUT2D eigenvalue weighted by molar-refractivity contribution is -0.145. The van der Waals surface area contributed by atoms with E-state index in [1.807, 2.05) is 0 Å². The highest BCUT2D eigenvalue weighted by atomic mass is 19.4. The van der Waals surface area contributed by atoms with Gasteiger partial charge in [0.1, 0.15) is 18.7 Å². The lowest BCUT2D eigenvalue weighted by Crippen LogP contribution is -2.56. The van der Waals surface area contributed by atoms with Crippen LogP contribution >= 0.6 is 0 Å². The van der Waals surface area contributed by atoms with E-state index in [-0.39, 0.29) is 18.6 Å². The number of alkyl carbamates (subject to hydrolysis) is 1. The third-order valence-corrected chi connectivity index (χ3v) is 4.75. The average Bonchev–Trinajstić information content (AvgIpc) is 2.80. The fourth-order valence-electron chi connectivity index (χ4n) is 3.00. The lowest BCUT2D eigenvalue weighted by atomic mass is 10.0. The fourth-order valence-corrected chi connectivity index (χ4v) is 3.00. The van der Waals surface area contributed by atoms with Crippen molar-refractivity contribution in [3.8, 4) is 0 Å². The summed E-state index contributed by atoms with van der Waals surface area (Å²) in [6.45, 7) is 1.16. The maximum Gasteiger partial charge on any atom is 0.416 e. The van der Waals surface area contributed by atoms with Crippen molar-refractivity contribution in [3.05, 3.63) is 71.3 Å². The maximum atomic E-state index is 13.0. The molecule has 0 saturated carbocycles. The van der Waals surface area contributed by atoms with Crippen LogP contribution in [0.1, 0.15) is 23.6 Å². The van der Waals surface area contributed by atoms with Gasteiger partial charge in [0.2, 0.25) is 5.91 Å². The molecule has 8 nitrogen and oxygen atoms in total. The number of amides is 2. The van der Waals surface area contributed by atoms with Gasteiger partial charge in [-0.3, -0.25) is 4.79 Å². The molecule has 3 N–H and O–H groups in total. The molecule has 0 spiro atoms. The zero-order valence-corrected chi connectivity index (χ0v) is 18.5. The molecule has 3 atom stereocenters. The number of hydrogen-bond acceptors (Lipinski definition) is 6. The van der Waals surface area contributed by atoms with Crippen LogP contribution < -0.4 is 10.6 Å². The average molecular weight is 482 g/mol. The van der Waals surface area contributed by atoms with Gasteiger partial charge in [-0.1, -0.05) is 48.5 Å². The van der Waals surface area contributed by atoms with Gasteiger partial charge in [0, 0.05) is 6.42 Å². The van der Waals surface area contributed by atoms with E-state index in [0.717, 1.165) is 19.2 Å². The number of nitrogens with one attached hydrogen (secondary N) is 2. The molecule has 34 heavy (non-hydrogen) atoms. The topological polar surface area (TPSA) is 114 Å². The van der Waals surface area contributed by atoms with Crippen molar-refractivity contribution in [2.75, 3.05) is 7.11 Å². The second-order valence-electron chi connectivity index (χ2n) is 7.41. The Balaban J connectivity index is 2.08. The molecule has 184 valence electrons. The Morgan fingerprint density at radius 2 is 1.65 bits per heavy atom. The van der Waals surface area contributed by atoms with E-state index in [9.17, 15) is 32.7 Å². The van der Waals surface area contributed by atoms with Crippen molar-refractivity contribution in [2.24, 2.45) is 0 Å². The number of aliphatic hydroxyl groups excluding tert-OH is 1. The number of carbonyl (C=O) groups excluding carboxylic acids is 3. The number of esters is 1. The first-order chi connectivity index (χ1) is 16.0. The van der Waals surface area contributed by atoms with Crippen LogP contribution in [0.15, 0.2) is 54.6 Å². The van der Waals surface area contributed by atoms with Crippen LogP contribution in [-0.4, -0.2) is 48.4 Å². The van der Waals surface area contributed by atoms with Crippen LogP contribution in [0.5, 0.6) is 0 Å². The molecular formula is C23H25F3N2O6. The highest BCUT2D eigenvalue weighted by Gasteiger charge is 2.33. The number of aliphatic hydroxyl groups is 1. The second kappa shape index (κ2) is 12.0. The molecule has 0 aliphatic heterocycles. The predicted octanol–water partition coefficient (Wildman–Crippen LogP) is 2.58. The SMILES string of the molecule is COC(=O)[C@H](Cc1cccc(C(F)(F)F)c1)NC(=O)[C@@H](NC(=O)OCc1ccccc1)[C@@H](C)O. The van der Waals surface area contributed by atoms with Crippen LogP contribution in [0.3, 0.4) is 0 Å². The maximum absolute atomic E-state index is 13.0. The Bertz CT molecular complexity index is 982. The number of carbonyl (C=O) groups is 3. The molecule has 0 bridgehead atoms. The normalized spacial score (nSPS) is 13.8. The Hall–Kier alpha value is -3.60. The summed E-state index contributed by atoms with van der Waals surface area (Å²) in [5.74, 6) is -1.87. The number of halogens is 3. The monoisotopic (exact) mass is 482 g/mol. The van der Waals surface area contributed by atoms with Gasteiger partial charge in [0.25, 0.3) is 0 Å². The zero-order valence-electron chi connectivity index (χ0n) is 18.5. The summed E-state index contributed by atoms with van der Waals surface area (Å²) < 4.78 is 48.6. The summed E-state index contributed by atoms with van der Waals surface area (Å²) in [5, 5.41) is 14.5. The highest BCUT2D eigenvalue weighted by Crippen LogP contribution is 2.29. The van der Waals surface area contributed by atoms with Crippen LogP contribution in [0.2, 0.25) is 0 Å². The zero-order chi connectivity index (χ0) is 25.3. The van der Waals surface area contributed by atoms with E-state index in [1.165, 1.54) is 19.1 Å². The minimum Gasteiger partial charge on any atom is -0.467 e. The molecule has 0 aliphatic rings. The number of rotatable bonds is 9. The number of ether oxygens (including phenoxy) is 2. The van der Waals surface area contributed by atoms with Crippen LogP contribution in [0, 0.1) is 0 Å². The van der Waals surface area contributed by atoms with Crippen LogP contribution in [-0.2, 0) is 38.3 Å². The first-order valence-electron chi connectivity index (χ1n) is 10.2. The van der Waals surface area contributed by atoms with E-state index >= 15 is 0 Å². The van der Waals surface area contributed by atoms with E-state index in [2.05, 4.69) is 15.4 Å². The summed E-state index contributed by atoms with van der Waals surface area (Å²) in [7, 11) is 1.05. The van der Waals surface area contributed by atoms with Gasteiger partial charge in [0.15, 0.2) is 0 Å². The number of hydrogen-bond donors (Lipinski definition) is 3. The summed E-state index contributed by atoms with van der Waals surface area (Å²) in [4.78, 5) is 37.0. The molecule has 11 heteroatoms. The molecular weight excluding hydrogens is 457 g/mol. The van der Waals surface area contributed by atoms with Crippen molar-refractivity contribution in [1.29, 1.82) is 0 Å². The Kier molecular flexibility index (Phi) is 9.43. The standard InChI is InChI=1S/C23H25F3N2O6/c1-14(29)19(28-22(32)34-13-15-7-4-3-5-8-15)20(30)27-18(21(31)33-2)12-16-9-6-10-17(11-16)23(24,25)26/h3-11,14,18-19,29H,12-13H2,1-2H3,(H,27,30)(H,28,32)/t14-,18+,19+/m1/s1. The minimum atomic E-state index is -4.58. The van der Waals surface area contributed by atoms with Gasteiger partial charge in [-0.15, -0.1) is 0 Å². The van der Waals surface area contributed by atoms with Crippen LogP contribution in [0.4, 0.5) is 18.0 Å². The van der Waals surface area contributed by atoms with E-state index < -0.39 is 47.9 Å². The molecule has 2 aromatic rings. The summed E-state index contributed by atoms with van der Waals surface area (Å²) in [6, 6.07) is 10.1. The van der Waals surface area contributed by atoms with E-state index in [4.69, 9.17) is 4.74 Å². The molecule has 2 amide bonds. The highest BCUT2D eigenvalue weighted by molar-refractivity contribution is 5.90. The molecule has 2 aromatic carbocycles. The molecule has 2 rings (SSSR count). The molecule has 0 aromatic heterocycles. The van der Waals surface area contributed by atoms with Gasteiger partial charge < -0.3 is 25.2 Å². The van der Waals surface area contributed by atoms with Crippen molar-refractivity contribution < 1.29 is 42.1 Å². The number of methoxy groups -OCH3 is 1. The van der Waals surface area contributed by atoms with E-state index in [1.54, 1.807) is 30.3 Å². The number of alkyl halides is 3. The van der Waals surface area contributed by atoms with Gasteiger partial charge in [0.05, 0.1) is 18.8 Å².